The smallest absolute Gasteiger partial charge is 0.416 e. The number of alkyl halides is 3. The van der Waals surface area contributed by atoms with Crippen LogP contribution in [0, 0.1) is 5.92 Å². The normalized spacial score (nSPS) is 13.5. The minimum Gasteiger partial charge on any atom is -0.481 e. The Morgan fingerprint density at radius 3 is 2.47 bits per heavy atom. The standard InChI is InChI=1S/C11H10BrF3O2/c1-6(10(16)17)4-7-2-3-8(5-9(7)12)11(13,14)15/h2-3,5-6H,4H2,1H3,(H,16,17). The van der Waals surface area contributed by atoms with E-state index in [0.29, 0.717) is 5.56 Å². The minimum absolute atomic E-state index is 0.189. The van der Waals surface area contributed by atoms with Gasteiger partial charge in [-0.25, -0.2) is 0 Å². The fourth-order valence-electron chi connectivity index (χ4n) is 1.31. The first-order valence-corrected chi connectivity index (χ1v) is 5.59. The van der Waals surface area contributed by atoms with Crippen LogP contribution in [0.5, 0.6) is 0 Å². The number of benzene rings is 1. The molecule has 0 aliphatic heterocycles. The molecule has 0 saturated carbocycles. The Kier molecular flexibility index (Phi) is 4.19. The van der Waals surface area contributed by atoms with Crippen molar-refractivity contribution in [3.8, 4) is 0 Å². The van der Waals surface area contributed by atoms with Crippen molar-refractivity contribution in [2.24, 2.45) is 5.92 Å². The maximum absolute atomic E-state index is 12.4. The number of halogens is 4. The van der Waals surface area contributed by atoms with E-state index in [4.69, 9.17) is 5.11 Å². The molecule has 1 aromatic rings. The van der Waals surface area contributed by atoms with Gasteiger partial charge in [0.25, 0.3) is 0 Å². The highest BCUT2D eigenvalue weighted by Gasteiger charge is 2.30. The molecule has 2 nitrogen and oxygen atoms in total. The van der Waals surface area contributed by atoms with Crippen molar-refractivity contribution in [3.63, 3.8) is 0 Å². The fourth-order valence-corrected chi connectivity index (χ4v) is 1.85. The van der Waals surface area contributed by atoms with E-state index in [2.05, 4.69) is 15.9 Å². The van der Waals surface area contributed by atoms with Gasteiger partial charge in [0.15, 0.2) is 0 Å². The highest BCUT2D eigenvalue weighted by molar-refractivity contribution is 9.10. The van der Waals surface area contributed by atoms with Crippen LogP contribution in [0.4, 0.5) is 13.2 Å². The lowest BCUT2D eigenvalue weighted by molar-refractivity contribution is -0.141. The highest BCUT2D eigenvalue weighted by Crippen LogP contribution is 2.32. The molecular weight excluding hydrogens is 301 g/mol. The van der Waals surface area contributed by atoms with Crippen LogP contribution in [0.15, 0.2) is 22.7 Å². The van der Waals surface area contributed by atoms with Gasteiger partial charge in [0.2, 0.25) is 0 Å². The summed E-state index contributed by atoms with van der Waals surface area (Å²) in [5, 5.41) is 8.72. The van der Waals surface area contributed by atoms with Gasteiger partial charge in [-0.1, -0.05) is 28.9 Å². The summed E-state index contributed by atoms with van der Waals surface area (Å²) in [7, 11) is 0. The van der Waals surface area contributed by atoms with Gasteiger partial charge < -0.3 is 5.11 Å². The monoisotopic (exact) mass is 310 g/mol. The number of carbonyl (C=O) groups is 1. The largest absolute Gasteiger partial charge is 0.481 e. The maximum atomic E-state index is 12.4. The Balaban J connectivity index is 2.95. The van der Waals surface area contributed by atoms with E-state index < -0.39 is 23.6 Å². The average Bonchev–Trinajstić information content (AvgIpc) is 2.19. The van der Waals surface area contributed by atoms with Gasteiger partial charge >= 0.3 is 12.1 Å². The minimum atomic E-state index is -4.39. The van der Waals surface area contributed by atoms with Gasteiger partial charge in [0.05, 0.1) is 11.5 Å². The Hall–Kier alpha value is -1.04. The lowest BCUT2D eigenvalue weighted by Crippen LogP contribution is -2.13. The molecule has 0 heterocycles. The summed E-state index contributed by atoms with van der Waals surface area (Å²) in [6.45, 7) is 1.51. The number of carboxylic acids is 1. The third-order valence-electron chi connectivity index (χ3n) is 2.33. The predicted molar refractivity (Wildman–Crippen MR) is 59.6 cm³/mol. The zero-order valence-corrected chi connectivity index (χ0v) is 10.5. The van der Waals surface area contributed by atoms with Crippen molar-refractivity contribution < 1.29 is 23.1 Å². The second kappa shape index (κ2) is 5.08. The van der Waals surface area contributed by atoms with Gasteiger partial charge in [0.1, 0.15) is 0 Å². The van der Waals surface area contributed by atoms with Crippen molar-refractivity contribution in [3.05, 3.63) is 33.8 Å². The summed E-state index contributed by atoms with van der Waals surface area (Å²) >= 11 is 3.02. The van der Waals surface area contributed by atoms with Crippen molar-refractivity contribution in [2.45, 2.75) is 19.5 Å². The summed E-state index contributed by atoms with van der Waals surface area (Å²) in [5.41, 5.74) is -0.205. The maximum Gasteiger partial charge on any atom is 0.416 e. The van der Waals surface area contributed by atoms with Crippen LogP contribution in [0.1, 0.15) is 18.1 Å². The van der Waals surface area contributed by atoms with Crippen LogP contribution in [0.3, 0.4) is 0 Å². The molecule has 1 unspecified atom stereocenters. The number of carboxylic acid groups (broad SMARTS) is 1. The molecular formula is C11H10BrF3O2. The molecule has 17 heavy (non-hydrogen) atoms. The number of hydrogen-bond donors (Lipinski definition) is 1. The molecule has 1 N–H and O–H groups in total. The van der Waals surface area contributed by atoms with Gasteiger partial charge in [-0.3, -0.25) is 4.79 Å². The van der Waals surface area contributed by atoms with Crippen LogP contribution in [-0.4, -0.2) is 11.1 Å². The van der Waals surface area contributed by atoms with Gasteiger partial charge in [-0.2, -0.15) is 13.2 Å². The predicted octanol–water partition coefficient (Wildman–Crippen LogP) is 3.73. The van der Waals surface area contributed by atoms with E-state index in [-0.39, 0.29) is 10.9 Å². The highest BCUT2D eigenvalue weighted by atomic mass is 79.9. The molecule has 1 atom stereocenters. The first kappa shape index (κ1) is 14.0. The van der Waals surface area contributed by atoms with Crippen molar-refractivity contribution in [1.29, 1.82) is 0 Å². The molecule has 0 bridgehead atoms. The molecule has 0 radical (unpaired) electrons. The summed E-state index contributed by atoms with van der Waals surface area (Å²) in [4.78, 5) is 10.6. The zero-order valence-electron chi connectivity index (χ0n) is 8.88. The Labute approximate surface area is 105 Å². The molecule has 0 aliphatic rings. The lowest BCUT2D eigenvalue weighted by atomic mass is 10.0. The average molecular weight is 311 g/mol. The van der Waals surface area contributed by atoms with Gasteiger partial charge in [-0.15, -0.1) is 0 Å². The zero-order chi connectivity index (χ0) is 13.2. The molecule has 0 aliphatic carbocycles. The van der Waals surface area contributed by atoms with Crippen molar-refractivity contribution >= 4 is 21.9 Å². The van der Waals surface area contributed by atoms with E-state index in [9.17, 15) is 18.0 Å². The van der Waals surface area contributed by atoms with E-state index in [1.54, 1.807) is 0 Å². The van der Waals surface area contributed by atoms with E-state index in [1.807, 2.05) is 0 Å². The van der Waals surface area contributed by atoms with Crippen LogP contribution in [0.2, 0.25) is 0 Å². The second-order valence-electron chi connectivity index (χ2n) is 3.75. The van der Waals surface area contributed by atoms with Crippen LogP contribution in [0.25, 0.3) is 0 Å². The van der Waals surface area contributed by atoms with Crippen molar-refractivity contribution in [1.82, 2.24) is 0 Å². The van der Waals surface area contributed by atoms with Crippen LogP contribution >= 0.6 is 15.9 Å². The number of aliphatic carboxylic acids is 1. The Morgan fingerprint density at radius 2 is 2.06 bits per heavy atom. The van der Waals surface area contributed by atoms with Crippen LogP contribution in [-0.2, 0) is 17.4 Å². The molecule has 0 spiro atoms. The second-order valence-corrected chi connectivity index (χ2v) is 4.60. The van der Waals surface area contributed by atoms with E-state index in [0.717, 1.165) is 12.1 Å². The lowest BCUT2D eigenvalue weighted by Gasteiger charge is -2.11. The summed E-state index contributed by atoms with van der Waals surface area (Å²) < 4.78 is 37.4. The van der Waals surface area contributed by atoms with Crippen LogP contribution < -0.4 is 0 Å². The number of rotatable bonds is 3. The summed E-state index contributed by atoms with van der Waals surface area (Å²) in [6, 6.07) is 3.21. The molecule has 0 fully saturated rings. The van der Waals surface area contributed by atoms with Gasteiger partial charge in [0, 0.05) is 4.47 Å². The Bertz CT molecular complexity index is 429. The van der Waals surface area contributed by atoms with Crippen molar-refractivity contribution in [2.75, 3.05) is 0 Å². The summed E-state index contributed by atoms with van der Waals surface area (Å²) in [6.07, 6.45) is -4.20. The van der Waals surface area contributed by atoms with E-state index >= 15 is 0 Å². The molecule has 1 aromatic carbocycles. The summed E-state index contributed by atoms with van der Waals surface area (Å²) in [5.74, 6) is -1.61. The molecule has 6 heteroatoms. The molecule has 0 amide bonds. The van der Waals surface area contributed by atoms with Gasteiger partial charge in [-0.05, 0) is 24.1 Å². The first-order chi connectivity index (χ1) is 7.71. The molecule has 94 valence electrons. The van der Waals surface area contributed by atoms with E-state index in [1.165, 1.54) is 13.0 Å². The molecule has 0 saturated heterocycles. The quantitative estimate of drug-likeness (QED) is 0.923. The third-order valence-corrected chi connectivity index (χ3v) is 3.07. The fraction of sp³-hybridized carbons (Fsp3) is 0.364. The third kappa shape index (κ3) is 3.73. The molecule has 1 rings (SSSR count). The first-order valence-electron chi connectivity index (χ1n) is 4.80. The topological polar surface area (TPSA) is 37.3 Å². The SMILES string of the molecule is CC(Cc1ccc(C(F)(F)F)cc1Br)C(=O)O. The molecule has 0 aromatic heterocycles. The Morgan fingerprint density at radius 1 is 1.47 bits per heavy atom. The number of hydrogen-bond acceptors (Lipinski definition) is 1.